The van der Waals surface area contributed by atoms with Crippen LogP contribution < -0.4 is 16.6 Å². The fourth-order valence-corrected chi connectivity index (χ4v) is 4.04. The summed E-state index contributed by atoms with van der Waals surface area (Å²) in [6.45, 7) is 1.53. The van der Waals surface area contributed by atoms with Crippen molar-refractivity contribution in [3.63, 3.8) is 0 Å². The van der Waals surface area contributed by atoms with Crippen molar-refractivity contribution in [2.75, 3.05) is 23.0 Å². The lowest BCUT2D eigenvalue weighted by atomic mass is 10.2. The van der Waals surface area contributed by atoms with E-state index in [1.165, 1.54) is 6.92 Å². The van der Waals surface area contributed by atoms with E-state index < -0.39 is 20.0 Å². The molecule has 1 atom stereocenters. The molecule has 11 heteroatoms. The molecule has 1 aliphatic heterocycles. The van der Waals surface area contributed by atoms with Crippen LogP contribution in [0.1, 0.15) is 18.5 Å². The molecule has 0 aliphatic carbocycles. The second-order valence-corrected chi connectivity index (χ2v) is 7.14. The van der Waals surface area contributed by atoms with Crippen LogP contribution in [0.5, 0.6) is 0 Å². The van der Waals surface area contributed by atoms with Crippen molar-refractivity contribution in [3.8, 4) is 0 Å². The number of rotatable bonds is 5. The van der Waals surface area contributed by atoms with Gasteiger partial charge in [-0.05, 0) is 19.8 Å². The van der Waals surface area contributed by atoms with E-state index in [0.29, 0.717) is 12.8 Å². The van der Waals surface area contributed by atoms with Gasteiger partial charge in [0.15, 0.2) is 9.84 Å². The number of sulfone groups is 1. The number of aryl methyl sites for hydroxylation is 1. The van der Waals surface area contributed by atoms with Gasteiger partial charge in [0.2, 0.25) is 11.8 Å². The average Bonchev–Trinajstić information content (AvgIpc) is 2.74. The van der Waals surface area contributed by atoms with Crippen molar-refractivity contribution in [1.29, 1.82) is 0 Å². The Labute approximate surface area is 121 Å². The molecule has 0 spiro atoms. The summed E-state index contributed by atoms with van der Waals surface area (Å²) in [4.78, 5) is 18.2. The highest BCUT2D eigenvalue weighted by Crippen LogP contribution is 2.27. The third kappa shape index (κ3) is 3.19. The van der Waals surface area contributed by atoms with Crippen LogP contribution >= 0.6 is 0 Å². The Bertz CT molecular complexity index is 662. The van der Waals surface area contributed by atoms with Gasteiger partial charge in [0.25, 0.3) is 0 Å². The van der Waals surface area contributed by atoms with Crippen molar-refractivity contribution in [2.24, 2.45) is 5.84 Å². The molecule has 0 aromatic carbocycles. The Balaban J connectivity index is 2.26. The first-order valence-electron chi connectivity index (χ1n) is 6.30. The second kappa shape index (κ2) is 5.77. The van der Waals surface area contributed by atoms with Crippen LogP contribution in [-0.4, -0.2) is 40.9 Å². The van der Waals surface area contributed by atoms with E-state index >= 15 is 0 Å². The van der Waals surface area contributed by atoms with Gasteiger partial charge in [0.1, 0.15) is 5.69 Å². The maximum Gasteiger partial charge on any atom is 0.332 e. The third-order valence-electron chi connectivity index (χ3n) is 3.33. The number of hydrazine groups is 1. The van der Waals surface area contributed by atoms with E-state index in [2.05, 4.69) is 20.7 Å². The van der Waals surface area contributed by atoms with Crippen molar-refractivity contribution in [1.82, 2.24) is 9.97 Å². The van der Waals surface area contributed by atoms with Gasteiger partial charge in [-0.15, -0.1) is 0 Å². The Morgan fingerprint density at radius 1 is 1.48 bits per heavy atom. The van der Waals surface area contributed by atoms with Gasteiger partial charge >= 0.3 is 5.69 Å². The van der Waals surface area contributed by atoms with Crippen molar-refractivity contribution in [3.05, 3.63) is 15.8 Å². The molecule has 116 valence electrons. The predicted molar refractivity (Wildman–Crippen MR) is 76.5 cm³/mol. The van der Waals surface area contributed by atoms with Crippen LogP contribution in [0.25, 0.3) is 0 Å². The van der Waals surface area contributed by atoms with Gasteiger partial charge in [0.05, 0.1) is 15.9 Å². The molecule has 1 saturated heterocycles. The second-order valence-electron chi connectivity index (χ2n) is 4.74. The monoisotopic (exact) mass is 316 g/mol. The van der Waals surface area contributed by atoms with E-state index in [4.69, 9.17) is 5.84 Å². The number of anilines is 2. The minimum Gasteiger partial charge on any atom is -0.363 e. The highest BCUT2D eigenvalue weighted by atomic mass is 32.2. The molecule has 1 aliphatic rings. The lowest BCUT2D eigenvalue weighted by Gasteiger charge is -2.12. The highest BCUT2D eigenvalue weighted by Gasteiger charge is 2.32. The maximum atomic E-state index is 11.8. The molecule has 0 amide bonds. The zero-order valence-corrected chi connectivity index (χ0v) is 12.2. The van der Waals surface area contributed by atoms with Crippen molar-refractivity contribution >= 4 is 27.3 Å². The zero-order valence-electron chi connectivity index (χ0n) is 11.4. The average molecular weight is 316 g/mol. The smallest absolute Gasteiger partial charge is 0.332 e. The van der Waals surface area contributed by atoms with Gasteiger partial charge in [0, 0.05) is 6.54 Å². The first-order valence-corrected chi connectivity index (χ1v) is 8.02. The lowest BCUT2D eigenvalue weighted by Crippen LogP contribution is -2.26. The van der Waals surface area contributed by atoms with E-state index in [1.54, 1.807) is 0 Å². The van der Waals surface area contributed by atoms with Crippen LogP contribution in [-0.2, 0) is 9.84 Å². The van der Waals surface area contributed by atoms with E-state index in [-0.39, 0.29) is 35.4 Å². The molecule has 1 fully saturated rings. The number of aromatic nitrogens is 2. The van der Waals surface area contributed by atoms with Gasteiger partial charge in [-0.3, -0.25) is 15.5 Å². The summed E-state index contributed by atoms with van der Waals surface area (Å²) in [6, 6.07) is 0. The highest BCUT2D eigenvalue weighted by molar-refractivity contribution is 7.92. The SMILES string of the molecule is Cc1nc(NN)nc(NCC2CCCS2(=O)=O)c1[N+](=O)[O-]. The summed E-state index contributed by atoms with van der Waals surface area (Å²) in [5.74, 6) is 5.34. The maximum absolute atomic E-state index is 11.8. The van der Waals surface area contributed by atoms with Gasteiger partial charge in [-0.2, -0.15) is 4.98 Å². The molecule has 0 saturated carbocycles. The minimum atomic E-state index is -3.13. The fourth-order valence-electron chi connectivity index (χ4n) is 2.27. The summed E-state index contributed by atoms with van der Waals surface area (Å²) in [6.07, 6.45) is 1.14. The Morgan fingerprint density at radius 3 is 2.71 bits per heavy atom. The van der Waals surface area contributed by atoms with Crippen molar-refractivity contribution in [2.45, 2.75) is 25.0 Å². The predicted octanol–water partition coefficient (Wildman–Crippen LogP) is -0.0321. The number of nitro groups is 1. The van der Waals surface area contributed by atoms with Crippen LogP contribution in [0.15, 0.2) is 0 Å². The first kappa shape index (κ1) is 15.4. The molecular formula is C10H16N6O4S. The number of nitrogens with two attached hydrogens (primary N) is 1. The van der Waals surface area contributed by atoms with E-state index in [9.17, 15) is 18.5 Å². The quantitative estimate of drug-likeness (QED) is 0.386. The first-order chi connectivity index (χ1) is 9.85. The van der Waals surface area contributed by atoms with E-state index in [0.717, 1.165) is 0 Å². The van der Waals surface area contributed by atoms with E-state index in [1.807, 2.05) is 0 Å². The molecule has 0 bridgehead atoms. The summed E-state index contributed by atoms with van der Waals surface area (Å²) in [7, 11) is -3.13. The van der Waals surface area contributed by atoms with Crippen molar-refractivity contribution < 1.29 is 13.3 Å². The molecule has 2 heterocycles. The van der Waals surface area contributed by atoms with Crippen LogP contribution in [0, 0.1) is 17.0 Å². The number of nitrogen functional groups attached to an aromatic ring is 1. The number of hydrogen-bond acceptors (Lipinski definition) is 9. The van der Waals surface area contributed by atoms with Crippen LogP contribution in [0.3, 0.4) is 0 Å². The molecule has 21 heavy (non-hydrogen) atoms. The summed E-state index contributed by atoms with van der Waals surface area (Å²) in [5.41, 5.74) is 2.07. The third-order valence-corrected chi connectivity index (χ3v) is 5.61. The number of nitrogens with one attached hydrogen (secondary N) is 2. The fraction of sp³-hybridized carbons (Fsp3) is 0.600. The standard InChI is InChI=1S/C10H16N6O4S/c1-6-8(16(17)18)9(14-10(13-6)15-11)12-5-7-3-2-4-21(7,19)20/h7H,2-5,11H2,1H3,(H2,12,13,14,15). The Morgan fingerprint density at radius 2 is 2.19 bits per heavy atom. The van der Waals surface area contributed by atoms with Crippen LogP contribution in [0.4, 0.5) is 17.5 Å². The molecule has 0 radical (unpaired) electrons. The lowest BCUT2D eigenvalue weighted by molar-refractivity contribution is -0.385. The Hall–Kier alpha value is -2.01. The Kier molecular flexibility index (Phi) is 4.23. The molecule has 4 N–H and O–H groups in total. The minimum absolute atomic E-state index is 0.0230. The summed E-state index contributed by atoms with van der Waals surface area (Å²) < 4.78 is 23.5. The van der Waals surface area contributed by atoms with Gasteiger partial charge < -0.3 is 5.32 Å². The number of nitrogens with zero attached hydrogens (tertiary/aromatic N) is 3. The molecule has 1 aromatic heterocycles. The largest absolute Gasteiger partial charge is 0.363 e. The van der Waals surface area contributed by atoms with Gasteiger partial charge in [-0.1, -0.05) is 0 Å². The molecule has 10 nitrogen and oxygen atoms in total. The van der Waals surface area contributed by atoms with Crippen LogP contribution in [0.2, 0.25) is 0 Å². The zero-order chi connectivity index (χ0) is 15.6. The normalized spacial score (nSPS) is 20.2. The molecule has 1 unspecified atom stereocenters. The topological polar surface area (TPSA) is 153 Å². The number of hydrogen-bond donors (Lipinski definition) is 3. The summed E-state index contributed by atoms with van der Waals surface area (Å²) >= 11 is 0. The molecular weight excluding hydrogens is 300 g/mol. The molecule has 2 rings (SSSR count). The molecule has 1 aromatic rings. The summed E-state index contributed by atoms with van der Waals surface area (Å²) in [5, 5.41) is 13.3. The van der Waals surface area contributed by atoms with Gasteiger partial charge in [-0.25, -0.2) is 19.2 Å².